The van der Waals surface area contributed by atoms with Crippen molar-refractivity contribution in [1.82, 2.24) is 9.88 Å². The molecule has 7 nitrogen and oxygen atoms in total. The summed E-state index contributed by atoms with van der Waals surface area (Å²) in [5.74, 6) is -0.188. The van der Waals surface area contributed by atoms with Crippen LogP contribution in [0.4, 0.5) is 5.69 Å². The highest BCUT2D eigenvalue weighted by molar-refractivity contribution is 8.01. The van der Waals surface area contributed by atoms with Crippen molar-refractivity contribution in [2.75, 3.05) is 19.6 Å². The Labute approximate surface area is 159 Å². The van der Waals surface area contributed by atoms with E-state index in [1.807, 2.05) is 12.3 Å². The SMILES string of the molecule is Cc1csc(Sc2ccc(C(=O)N3CCC(C)(CN)C3)cc2[N+](=O)[O-])n1. The number of thiazole rings is 1. The molecular formula is C17H20N4O3S2. The molecule has 1 fully saturated rings. The predicted octanol–water partition coefficient (Wildman–Crippen LogP) is 3.32. The zero-order valence-corrected chi connectivity index (χ0v) is 16.2. The second-order valence-electron chi connectivity index (χ2n) is 6.79. The van der Waals surface area contributed by atoms with E-state index in [1.165, 1.54) is 29.2 Å². The molecule has 1 unspecified atom stereocenters. The number of nitro groups is 1. The van der Waals surface area contributed by atoms with E-state index in [2.05, 4.69) is 11.9 Å². The van der Waals surface area contributed by atoms with E-state index in [1.54, 1.807) is 17.0 Å². The third-order valence-corrected chi connectivity index (χ3v) is 6.66. The topological polar surface area (TPSA) is 102 Å². The van der Waals surface area contributed by atoms with Gasteiger partial charge in [-0.05, 0) is 37.4 Å². The predicted molar refractivity (Wildman–Crippen MR) is 102 cm³/mol. The normalized spacial score (nSPS) is 19.7. The monoisotopic (exact) mass is 392 g/mol. The number of likely N-dealkylation sites (tertiary alicyclic amines) is 1. The van der Waals surface area contributed by atoms with E-state index in [4.69, 9.17) is 5.73 Å². The van der Waals surface area contributed by atoms with Gasteiger partial charge in [-0.1, -0.05) is 18.7 Å². The van der Waals surface area contributed by atoms with Gasteiger partial charge in [-0.2, -0.15) is 0 Å². The molecule has 2 N–H and O–H groups in total. The van der Waals surface area contributed by atoms with E-state index in [0.29, 0.717) is 30.1 Å². The molecule has 0 saturated carbocycles. The van der Waals surface area contributed by atoms with Crippen molar-refractivity contribution in [3.8, 4) is 0 Å². The summed E-state index contributed by atoms with van der Waals surface area (Å²) in [5.41, 5.74) is 6.84. The fraction of sp³-hybridized carbons (Fsp3) is 0.412. The van der Waals surface area contributed by atoms with Crippen LogP contribution in [0.25, 0.3) is 0 Å². The van der Waals surface area contributed by atoms with Gasteiger partial charge in [0.15, 0.2) is 4.34 Å². The number of rotatable bonds is 5. The summed E-state index contributed by atoms with van der Waals surface area (Å²) >= 11 is 2.68. The highest BCUT2D eigenvalue weighted by Crippen LogP contribution is 2.37. The molecule has 1 aliphatic heterocycles. The fourth-order valence-corrected chi connectivity index (χ4v) is 4.78. The molecule has 1 aliphatic rings. The van der Waals surface area contributed by atoms with Crippen molar-refractivity contribution in [3.05, 3.63) is 45.0 Å². The number of carbonyl (C=O) groups excluding carboxylic acids is 1. The quantitative estimate of drug-likeness (QED) is 0.618. The Morgan fingerprint density at radius 3 is 2.88 bits per heavy atom. The van der Waals surface area contributed by atoms with Gasteiger partial charge in [0.05, 0.1) is 9.82 Å². The lowest BCUT2D eigenvalue weighted by Crippen LogP contribution is -2.34. The Kier molecular flexibility index (Phi) is 5.31. The molecule has 0 aliphatic carbocycles. The largest absolute Gasteiger partial charge is 0.338 e. The van der Waals surface area contributed by atoms with E-state index in [9.17, 15) is 14.9 Å². The van der Waals surface area contributed by atoms with Crippen LogP contribution in [0.3, 0.4) is 0 Å². The summed E-state index contributed by atoms with van der Waals surface area (Å²) in [5, 5.41) is 13.4. The Hall–Kier alpha value is -1.97. The number of benzene rings is 1. The van der Waals surface area contributed by atoms with Crippen LogP contribution in [0.2, 0.25) is 0 Å². The molecular weight excluding hydrogens is 372 g/mol. The van der Waals surface area contributed by atoms with Gasteiger partial charge >= 0.3 is 0 Å². The number of nitrogens with two attached hydrogens (primary N) is 1. The minimum Gasteiger partial charge on any atom is -0.338 e. The number of carbonyl (C=O) groups is 1. The first-order valence-electron chi connectivity index (χ1n) is 8.19. The molecule has 0 radical (unpaired) electrons. The lowest BCUT2D eigenvalue weighted by molar-refractivity contribution is -0.387. The molecule has 0 spiro atoms. The standard InChI is InChI=1S/C17H20N4O3S2/c1-11-8-25-16(19-11)26-14-4-3-12(7-13(14)21(23)24)15(22)20-6-5-17(2,9-18)10-20/h3-4,7-8H,5-6,9-10,18H2,1-2H3. The summed E-state index contributed by atoms with van der Waals surface area (Å²) in [6, 6.07) is 4.64. The summed E-state index contributed by atoms with van der Waals surface area (Å²) < 4.78 is 0.739. The number of hydrogen-bond donors (Lipinski definition) is 1. The van der Waals surface area contributed by atoms with E-state index >= 15 is 0 Å². The summed E-state index contributed by atoms with van der Waals surface area (Å²) in [6.45, 7) is 5.64. The van der Waals surface area contributed by atoms with Crippen molar-refractivity contribution in [2.45, 2.75) is 29.5 Å². The number of hydrogen-bond acceptors (Lipinski definition) is 7. The van der Waals surface area contributed by atoms with Gasteiger partial charge in [-0.15, -0.1) is 11.3 Å². The zero-order chi connectivity index (χ0) is 18.9. The first-order valence-corrected chi connectivity index (χ1v) is 9.89. The van der Waals surface area contributed by atoms with Crippen molar-refractivity contribution in [3.63, 3.8) is 0 Å². The number of aryl methyl sites for hydroxylation is 1. The third kappa shape index (κ3) is 3.89. The van der Waals surface area contributed by atoms with E-state index in [-0.39, 0.29) is 17.0 Å². The van der Waals surface area contributed by atoms with Gasteiger partial charge in [0.2, 0.25) is 0 Å². The number of nitro benzene ring substituents is 1. The maximum Gasteiger partial charge on any atom is 0.284 e. The van der Waals surface area contributed by atoms with Crippen LogP contribution in [0.5, 0.6) is 0 Å². The minimum absolute atomic E-state index is 0.0745. The van der Waals surface area contributed by atoms with Crippen molar-refractivity contribution in [1.29, 1.82) is 0 Å². The highest BCUT2D eigenvalue weighted by atomic mass is 32.2. The van der Waals surface area contributed by atoms with Gasteiger partial charge in [0.1, 0.15) is 0 Å². The third-order valence-electron chi connectivity index (χ3n) is 4.54. The second kappa shape index (κ2) is 7.34. The van der Waals surface area contributed by atoms with Gasteiger partial charge in [-0.3, -0.25) is 14.9 Å². The lowest BCUT2D eigenvalue weighted by Gasteiger charge is -2.22. The van der Waals surface area contributed by atoms with Crippen LogP contribution in [0, 0.1) is 22.5 Å². The minimum atomic E-state index is -0.451. The van der Waals surface area contributed by atoms with Crippen molar-refractivity contribution >= 4 is 34.7 Å². The Bertz CT molecular complexity index is 854. The van der Waals surface area contributed by atoms with Crippen LogP contribution in [-0.2, 0) is 0 Å². The molecule has 1 amide bonds. The second-order valence-corrected chi connectivity index (χ2v) is 8.94. The molecule has 2 aromatic rings. The van der Waals surface area contributed by atoms with Crippen LogP contribution < -0.4 is 5.73 Å². The molecule has 1 aromatic carbocycles. The van der Waals surface area contributed by atoms with Gasteiger partial charge < -0.3 is 10.6 Å². The smallest absolute Gasteiger partial charge is 0.284 e. The van der Waals surface area contributed by atoms with Crippen molar-refractivity contribution in [2.24, 2.45) is 11.1 Å². The lowest BCUT2D eigenvalue weighted by atomic mass is 9.90. The van der Waals surface area contributed by atoms with Gasteiger partial charge in [-0.25, -0.2) is 4.98 Å². The molecule has 9 heteroatoms. The number of nitrogens with zero attached hydrogens (tertiary/aromatic N) is 3. The van der Waals surface area contributed by atoms with Gasteiger partial charge in [0.25, 0.3) is 11.6 Å². The molecule has 1 atom stereocenters. The zero-order valence-electron chi connectivity index (χ0n) is 14.6. The molecule has 26 heavy (non-hydrogen) atoms. The van der Waals surface area contributed by atoms with E-state index in [0.717, 1.165) is 16.5 Å². The average molecular weight is 393 g/mol. The Morgan fingerprint density at radius 2 is 2.31 bits per heavy atom. The van der Waals surface area contributed by atoms with Crippen LogP contribution in [0.1, 0.15) is 29.4 Å². The maximum atomic E-state index is 12.7. The van der Waals surface area contributed by atoms with Crippen LogP contribution in [0.15, 0.2) is 32.8 Å². The Morgan fingerprint density at radius 1 is 1.54 bits per heavy atom. The molecule has 2 heterocycles. The molecule has 138 valence electrons. The van der Waals surface area contributed by atoms with Crippen LogP contribution >= 0.6 is 23.1 Å². The molecule has 0 bridgehead atoms. The number of amides is 1. The molecule has 1 saturated heterocycles. The average Bonchev–Trinajstić information content (AvgIpc) is 3.21. The number of aromatic nitrogens is 1. The summed E-state index contributed by atoms with van der Waals surface area (Å²) in [4.78, 5) is 30.3. The first-order chi connectivity index (χ1) is 12.3. The fourth-order valence-electron chi connectivity index (χ4n) is 2.90. The molecule has 1 aromatic heterocycles. The summed E-state index contributed by atoms with van der Waals surface area (Å²) in [6.07, 6.45) is 0.842. The van der Waals surface area contributed by atoms with E-state index < -0.39 is 4.92 Å². The first kappa shape index (κ1) is 18.8. The summed E-state index contributed by atoms with van der Waals surface area (Å²) in [7, 11) is 0. The van der Waals surface area contributed by atoms with Gasteiger partial charge in [0, 0.05) is 35.8 Å². The molecule has 3 rings (SSSR count). The highest BCUT2D eigenvalue weighted by Gasteiger charge is 2.35. The Balaban J connectivity index is 1.84. The maximum absolute atomic E-state index is 12.7. The van der Waals surface area contributed by atoms with Crippen LogP contribution in [-0.4, -0.2) is 40.3 Å². The van der Waals surface area contributed by atoms with Crippen molar-refractivity contribution < 1.29 is 9.72 Å².